The molecule has 1 aromatic heterocycles. The molecule has 1 aliphatic carbocycles. The van der Waals surface area contributed by atoms with Crippen molar-refractivity contribution in [2.45, 2.75) is 26.1 Å². The molecular formula is C25H22O5. The minimum atomic E-state index is -0.456. The summed E-state index contributed by atoms with van der Waals surface area (Å²) in [6.07, 6.45) is 6.57. The highest BCUT2D eigenvalue weighted by Crippen LogP contribution is 2.25. The van der Waals surface area contributed by atoms with Crippen molar-refractivity contribution in [1.29, 1.82) is 0 Å². The maximum absolute atomic E-state index is 12.6. The average molecular weight is 402 g/mol. The van der Waals surface area contributed by atoms with Crippen molar-refractivity contribution in [3.63, 3.8) is 0 Å². The van der Waals surface area contributed by atoms with Crippen LogP contribution in [0.3, 0.4) is 0 Å². The van der Waals surface area contributed by atoms with Gasteiger partial charge in [0, 0.05) is 11.6 Å². The third-order valence-electron chi connectivity index (χ3n) is 4.89. The summed E-state index contributed by atoms with van der Waals surface area (Å²) < 4.78 is 16.9. The van der Waals surface area contributed by atoms with Gasteiger partial charge >= 0.3 is 5.97 Å². The van der Waals surface area contributed by atoms with E-state index in [1.807, 2.05) is 48.6 Å². The van der Waals surface area contributed by atoms with E-state index in [4.69, 9.17) is 13.9 Å². The molecule has 1 aliphatic rings. The van der Waals surface area contributed by atoms with Gasteiger partial charge in [0.05, 0.1) is 30.3 Å². The highest BCUT2D eigenvalue weighted by atomic mass is 16.5. The minimum absolute atomic E-state index is 0.0201. The number of hydrogen-bond acceptors (Lipinski definition) is 5. The Kier molecular flexibility index (Phi) is 5.91. The second kappa shape index (κ2) is 8.93. The molecular weight excluding hydrogens is 380 g/mol. The maximum atomic E-state index is 12.6. The van der Waals surface area contributed by atoms with Crippen LogP contribution in [0, 0.1) is 0 Å². The van der Waals surface area contributed by atoms with Crippen LogP contribution in [0.15, 0.2) is 82.0 Å². The first-order valence-electron chi connectivity index (χ1n) is 9.93. The topological polar surface area (TPSA) is 65.7 Å². The van der Waals surface area contributed by atoms with Gasteiger partial charge in [-0.1, -0.05) is 48.6 Å². The van der Waals surface area contributed by atoms with Gasteiger partial charge in [-0.3, -0.25) is 4.79 Å². The van der Waals surface area contributed by atoms with E-state index in [2.05, 4.69) is 0 Å². The number of esters is 1. The molecule has 5 heteroatoms. The van der Waals surface area contributed by atoms with Gasteiger partial charge in [0.2, 0.25) is 0 Å². The predicted octanol–water partition coefficient (Wildman–Crippen LogP) is 4.90. The number of allylic oxidation sites excluding steroid dienone is 2. The molecule has 30 heavy (non-hydrogen) atoms. The Morgan fingerprint density at radius 2 is 1.97 bits per heavy atom. The van der Waals surface area contributed by atoms with E-state index in [1.165, 1.54) is 12.1 Å². The Balaban J connectivity index is 1.49. The molecule has 0 spiro atoms. The van der Waals surface area contributed by atoms with Crippen LogP contribution in [0.25, 0.3) is 16.5 Å². The largest absolute Gasteiger partial charge is 0.462 e. The Hall–Kier alpha value is -3.44. The second-order valence-corrected chi connectivity index (χ2v) is 7.00. The molecule has 0 fully saturated rings. The normalized spacial score (nSPS) is 15.8. The zero-order valence-corrected chi connectivity index (χ0v) is 16.7. The highest BCUT2D eigenvalue weighted by molar-refractivity contribution is 5.94. The van der Waals surface area contributed by atoms with E-state index in [1.54, 1.807) is 19.1 Å². The van der Waals surface area contributed by atoms with Gasteiger partial charge in [-0.2, -0.15) is 0 Å². The molecule has 0 N–H and O–H groups in total. The number of carbonyl (C=O) groups is 1. The number of hydrogen-bond donors (Lipinski definition) is 0. The number of fused-ring (bicyclic) bond motifs is 1. The van der Waals surface area contributed by atoms with Gasteiger partial charge in [-0.15, -0.1) is 0 Å². The van der Waals surface area contributed by atoms with Gasteiger partial charge in [-0.05, 0) is 37.1 Å². The first kappa shape index (κ1) is 19.9. The second-order valence-electron chi connectivity index (χ2n) is 7.00. The van der Waals surface area contributed by atoms with E-state index in [0.717, 1.165) is 11.1 Å². The molecule has 2 aromatic carbocycles. The first-order valence-corrected chi connectivity index (χ1v) is 9.93. The standard InChI is InChI=1S/C25H22O5/c1-2-28-25(27)19-10-13-23-21(14-19)22(26)15-24(30-23)18-8-11-20(12-9-18)29-16-17-6-4-3-5-7-17/h3-11,13-15,20H,2,12,16H2,1H3. The lowest BCUT2D eigenvalue weighted by molar-refractivity contribution is 0.0526. The van der Waals surface area contributed by atoms with Crippen LogP contribution >= 0.6 is 0 Å². The summed E-state index contributed by atoms with van der Waals surface area (Å²) in [5, 5.41) is 0.355. The molecule has 5 nitrogen and oxygen atoms in total. The van der Waals surface area contributed by atoms with Crippen LogP contribution in [0.5, 0.6) is 0 Å². The van der Waals surface area contributed by atoms with E-state index >= 15 is 0 Å². The quantitative estimate of drug-likeness (QED) is 0.549. The van der Waals surface area contributed by atoms with E-state index in [0.29, 0.717) is 35.3 Å². The molecule has 0 saturated heterocycles. The van der Waals surface area contributed by atoms with Crippen molar-refractivity contribution >= 4 is 22.5 Å². The summed E-state index contributed by atoms with van der Waals surface area (Å²) in [4.78, 5) is 24.5. The number of carbonyl (C=O) groups excluding carboxylic acids is 1. The zero-order chi connectivity index (χ0) is 20.9. The van der Waals surface area contributed by atoms with Crippen LogP contribution in [0.1, 0.15) is 35.0 Å². The minimum Gasteiger partial charge on any atom is -0.462 e. The maximum Gasteiger partial charge on any atom is 0.338 e. The Morgan fingerprint density at radius 3 is 2.70 bits per heavy atom. The first-order chi connectivity index (χ1) is 14.6. The van der Waals surface area contributed by atoms with Crippen LogP contribution in [-0.2, 0) is 16.1 Å². The molecule has 4 rings (SSSR count). The van der Waals surface area contributed by atoms with Gasteiger partial charge in [0.25, 0.3) is 0 Å². The van der Waals surface area contributed by atoms with E-state index in [-0.39, 0.29) is 18.1 Å². The molecule has 152 valence electrons. The van der Waals surface area contributed by atoms with Crippen LogP contribution in [-0.4, -0.2) is 18.7 Å². The molecule has 0 radical (unpaired) electrons. The Morgan fingerprint density at radius 1 is 1.13 bits per heavy atom. The Labute approximate surface area is 174 Å². The fraction of sp³-hybridized carbons (Fsp3) is 0.200. The molecule has 0 bridgehead atoms. The predicted molar refractivity (Wildman–Crippen MR) is 115 cm³/mol. The molecule has 0 aliphatic heterocycles. The Bertz CT molecular complexity index is 1170. The lowest BCUT2D eigenvalue weighted by Crippen LogP contribution is -2.12. The third kappa shape index (κ3) is 4.42. The SMILES string of the molecule is CCOC(=O)c1ccc2oc(C3=CCC(OCc4ccccc4)C=C3)cc(=O)c2c1. The van der Waals surface area contributed by atoms with Crippen LogP contribution in [0.2, 0.25) is 0 Å². The fourth-order valence-electron chi connectivity index (χ4n) is 3.32. The van der Waals surface area contributed by atoms with Crippen molar-refractivity contribution < 1.29 is 18.7 Å². The molecule has 3 aromatic rings. The summed E-state index contributed by atoms with van der Waals surface area (Å²) in [5.41, 5.74) is 2.53. The van der Waals surface area contributed by atoms with E-state index in [9.17, 15) is 9.59 Å². The lowest BCUT2D eigenvalue weighted by atomic mass is 10.0. The van der Waals surface area contributed by atoms with Gasteiger partial charge in [0.1, 0.15) is 11.3 Å². The van der Waals surface area contributed by atoms with Crippen molar-refractivity contribution in [2.75, 3.05) is 6.61 Å². The summed E-state index contributed by atoms with van der Waals surface area (Å²) in [6.45, 7) is 2.57. The summed E-state index contributed by atoms with van der Waals surface area (Å²) >= 11 is 0. The highest BCUT2D eigenvalue weighted by Gasteiger charge is 2.15. The number of benzene rings is 2. The molecule has 0 amide bonds. The lowest BCUT2D eigenvalue weighted by Gasteiger charge is -2.17. The molecule has 1 atom stereocenters. The average Bonchev–Trinajstić information content (AvgIpc) is 2.78. The van der Waals surface area contributed by atoms with Crippen molar-refractivity contribution in [2.24, 2.45) is 0 Å². The molecule has 0 saturated carbocycles. The third-order valence-corrected chi connectivity index (χ3v) is 4.89. The van der Waals surface area contributed by atoms with E-state index < -0.39 is 5.97 Å². The summed E-state index contributed by atoms with van der Waals surface area (Å²) in [6, 6.07) is 16.2. The number of ether oxygens (including phenoxy) is 2. The monoisotopic (exact) mass is 402 g/mol. The summed E-state index contributed by atoms with van der Waals surface area (Å²) in [7, 11) is 0. The molecule has 1 heterocycles. The molecule has 1 unspecified atom stereocenters. The van der Waals surface area contributed by atoms with Crippen molar-refractivity contribution in [3.05, 3.63) is 99.9 Å². The fourth-order valence-corrected chi connectivity index (χ4v) is 3.32. The van der Waals surface area contributed by atoms with Gasteiger partial charge in [-0.25, -0.2) is 4.79 Å². The smallest absolute Gasteiger partial charge is 0.338 e. The summed E-state index contributed by atoms with van der Waals surface area (Å²) in [5.74, 6) is 0.0384. The number of rotatable bonds is 6. The van der Waals surface area contributed by atoms with Gasteiger partial charge < -0.3 is 13.9 Å². The van der Waals surface area contributed by atoms with Gasteiger partial charge in [0.15, 0.2) is 5.43 Å². The van der Waals surface area contributed by atoms with Crippen molar-refractivity contribution in [3.8, 4) is 0 Å². The van der Waals surface area contributed by atoms with Crippen LogP contribution in [0.4, 0.5) is 0 Å². The van der Waals surface area contributed by atoms with Crippen molar-refractivity contribution in [1.82, 2.24) is 0 Å². The zero-order valence-electron chi connectivity index (χ0n) is 16.7. The van der Waals surface area contributed by atoms with Crippen LogP contribution < -0.4 is 5.43 Å².